The van der Waals surface area contributed by atoms with E-state index in [2.05, 4.69) is 4.98 Å². The van der Waals surface area contributed by atoms with E-state index in [1.54, 1.807) is 24.5 Å². The van der Waals surface area contributed by atoms with Gasteiger partial charge in [-0.25, -0.2) is 9.37 Å². The summed E-state index contributed by atoms with van der Waals surface area (Å²) < 4.78 is 15.5. The number of aryl methyl sites for hydroxylation is 1. The first-order valence-electron chi connectivity index (χ1n) is 5.03. The molecule has 0 fully saturated rings. The topological polar surface area (TPSA) is 34.9 Å². The molecule has 0 saturated carbocycles. The molecule has 0 unspecified atom stereocenters. The molecular weight excluding hydrogens is 239 g/mol. The van der Waals surface area contributed by atoms with Gasteiger partial charge in [0, 0.05) is 25.0 Å². The molecule has 0 radical (unpaired) electrons. The van der Waals surface area contributed by atoms with Gasteiger partial charge in [0.1, 0.15) is 5.82 Å². The van der Waals surface area contributed by atoms with Crippen LogP contribution in [0.1, 0.15) is 17.3 Å². The number of hydrogen-bond donors (Lipinski definition) is 0. The van der Waals surface area contributed by atoms with Crippen LogP contribution in [0.2, 0.25) is 0 Å². The lowest BCUT2D eigenvalue weighted by atomic mass is 10.1. The van der Waals surface area contributed by atoms with Crippen LogP contribution in [0.25, 0.3) is 0 Å². The minimum absolute atomic E-state index is 0.141. The third-order valence-corrected chi connectivity index (χ3v) is 3.44. The molecule has 0 aliphatic carbocycles. The molecule has 0 aliphatic heterocycles. The van der Waals surface area contributed by atoms with E-state index >= 15 is 0 Å². The molecule has 1 aromatic carbocycles. The van der Waals surface area contributed by atoms with Crippen molar-refractivity contribution in [2.24, 2.45) is 7.05 Å². The molecule has 0 aliphatic rings. The average Bonchev–Trinajstić information content (AvgIpc) is 2.67. The molecule has 1 heterocycles. The number of nitrogens with zero attached hydrogens (tertiary/aromatic N) is 2. The van der Waals surface area contributed by atoms with Crippen molar-refractivity contribution in [3.05, 3.63) is 42.0 Å². The van der Waals surface area contributed by atoms with Crippen molar-refractivity contribution in [2.45, 2.75) is 17.0 Å². The van der Waals surface area contributed by atoms with E-state index in [0.717, 1.165) is 0 Å². The van der Waals surface area contributed by atoms with Gasteiger partial charge in [0.05, 0.1) is 4.90 Å². The fraction of sp³-hybridized carbons (Fsp3) is 0.167. The maximum atomic E-state index is 13.7. The van der Waals surface area contributed by atoms with Crippen molar-refractivity contribution in [1.82, 2.24) is 9.55 Å². The van der Waals surface area contributed by atoms with E-state index < -0.39 is 5.82 Å². The van der Waals surface area contributed by atoms with Crippen LogP contribution in [0.3, 0.4) is 0 Å². The average molecular weight is 250 g/mol. The first kappa shape index (κ1) is 11.9. The van der Waals surface area contributed by atoms with E-state index in [1.807, 2.05) is 11.6 Å². The van der Waals surface area contributed by atoms with Gasteiger partial charge in [0.2, 0.25) is 0 Å². The van der Waals surface area contributed by atoms with Gasteiger partial charge in [0.15, 0.2) is 10.9 Å². The molecule has 0 bridgehead atoms. The standard InChI is InChI=1S/C12H11FN2OS/c1-8(16)9-3-4-11(10(13)7-9)17-12-14-5-6-15(12)2/h3-7H,1-2H3. The lowest BCUT2D eigenvalue weighted by Gasteiger charge is -2.04. The predicted octanol–water partition coefficient (Wildman–Crippen LogP) is 2.91. The number of halogens is 1. The normalized spacial score (nSPS) is 10.5. The highest BCUT2D eigenvalue weighted by atomic mass is 32.2. The van der Waals surface area contributed by atoms with Crippen LogP contribution < -0.4 is 0 Å². The summed E-state index contributed by atoms with van der Waals surface area (Å²) in [6.07, 6.45) is 3.45. The SMILES string of the molecule is CC(=O)c1ccc(Sc2nccn2C)c(F)c1. The zero-order valence-corrected chi connectivity index (χ0v) is 10.3. The highest BCUT2D eigenvalue weighted by Gasteiger charge is 2.09. The van der Waals surface area contributed by atoms with Gasteiger partial charge in [-0.2, -0.15) is 0 Å². The molecule has 88 valence electrons. The number of Topliss-reactive ketones (excluding diaryl/α,β-unsaturated/α-hetero) is 1. The second-order valence-corrected chi connectivity index (χ2v) is 4.63. The second kappa shape index (κ2) is 4.71. The summed E-state index contributed by atoms with van der Waals surface area (Å²) in [6.45, 7) is 1.42. The van der Waals surface area contributed by atoms with Crippen LogP contribution in [0.15, 0.2) is 40.6 Å². The van der Waals surface area contributed by atoms with Gasteiger partial charge in [0.25, 0.3) is 0 Å². The molecule has 5 heteroatoms. The third-order valence-electron chi connectivity index (χ3n) is 2.32. The van der Waals surface area contributed by atoms with Crippen molar-refractivity contribution >= 4 is 17.5 Å². The number of aromatic nitrogens is 2. The molecule has 0 saturated heterocycles. The molecule has 0 atom stereocenters. The van der Waals surface area contributed by atoms with Crippen LogP contribution in [0, 0.1) is 5.82 Å². The maximum Gasteiger partial charge on any atom is 0.172 e. The Morgan fingerprint density at radius 3 is 2.76 bits per heavy atom. The molecule has 1 aromatic heterocycles. The second-order valence-electron chi connectivity index (χ2n) is 3.62. The number of benzene rings is 1. The minimum Gasteiger partial charge on any atom is -0.329 e. The number of hydrogen-bond acceptors (Lipinski definition) is 3. The van der Waals surface area contributed by atoms with E-state index in [1.165, 1.54) is 24.8 Å². The van der Waals surface area contributed by atoms with Gasteiger partial charge in [-0.1, -0.05) is 6.07 Å². The van der Waals surface area contributed by atoms with Crippen molar-refractivity contribution in [2.75, 3.05) is 0 Å². The summed E-state index contributed by atoms with van der Waals surface area (Å²) in [5.74, 6) is -0.539. The van der Waals surface area contributed by atoms with Crippen LogP contribution >= 0.6 is 11.8 Å². The molecule has 0 amide bonds. The van der Waals surface area contributed by atoms with Crippen LogP contribution in [-0.2, 0) is 7.05 Å². The van der Waals surface area contributed by atoms with Gasteiger partial charge in [-0.15, -0.1) is 0 Å². The van der Waals surface area contributed by atoms with Crippen LogP contribution in [0.4, 0.5) is 4.39 Å². The molecule has 17 heavy (non-hydrogen) atoms. The summed E-state index contributed by atoms with van der Waals surface area (Å²) in [6, 6.07) is 4.48. The summed E-state index contributed by atoms with van der Waals surface area (Å²) >= 11 is 1.23. The van der Waals surface area contributed by atoms with Gasteiger partial charge in [-0.3, -0.25) is 4.79 Å². The van der Waals surface area contributed by atoms with Crippen LogP contribution in [-0.4, -0.2) is 15.3 Å². The van der Waals surface area contributed by atoms with E-state index in [9.17, 15) is 9.18 Å². The molecule has 2 aromatic rings. The van der Waals surface area contributed by atoms with Crippen molar-refractivity contribution in [3.8, 4) is 0 Å². The van der Waals surface area contributed by atoms with E-state index in [4.69, 9.17) is 0 Å². The Kier molecular flexibility index (Phi) is 3.28. The summed E-state index contributed by atoms with van der Waals surface area (Å²) in [7, 11) is 1.84. The fourth-order valence-corrected chi connectivity index (χ4v) is 2.16. The third kappa shape index (κ3) is 2.55. The molecule has 2 rings (SSSR count). The highest BCUT2D eigenvalue weighted by Crippen LogP contribution is 2.28. The Bertz CT molecular complexity index is 565. The minimum atomic E-state index is -0.397. The Balaban J connectivity index is 2.29. The van der Waals surface area contributed by atoms with Crippen molar-refractivity contribution in [3.63, 3.8) is 0 Å². The van der Waals surface area contributed by atoms with Crippen LogP contribution in [0.5, 0.6) is 0 Å². The first-order valence-corrected chi connectivity index (χ1v) is 5.85. The Morgan fingerprint density at radius 1 is 1.47 bits per heavy atom. The Hall–Kier alpha value is -1.62. The zero-order valence-electron chi connectivity index (χ0n) is 9.48. The van der Waals surface area contributed by atoms with E-state index in [0.29, 0.717) is 15.6 Å². The Labute approximate surface area is 103 Å². The van der Waals surface area contributed by atoms with Gasteiger partial charge >= 0.3 is 0 Å². The summed E-state index contributed by atoms with van der Waals surface area (Å²) in [4.78, 5) is 15.7. The molecule has 3 nitrogen and oxygen atoms in total. The first-order chi connectivity index (χ1) is 8.08. The smallest absolute Gasteiger partial charge is 0.172 e. The van der Waals surface area contributed by atoms with Gasteiger partial charge < -0.3 is 4.57 Å². The predicted molar refractivity (Wildman–Crippen MR) is 63.7 cm³/mol. The zero-order chi connectivity index (χ0) is 12.4. The number of rotatable bonds is 3. The maximum absolute atomic E-state index is 13.7. The number of imidazole rings is 1. The van der Waals surface area contributed by atoms with Crippen molar-refractivity contribution in [1.29, 1.82) is 0 Å². The lowest BCUT2D eigenvalue weighted by molar-refractivity contribution is 0.101. The van der Waals surface area contributed by atoms with Gasteiger partial charge in [-0.05, 0) is 30.8 Å². The monoisotopic (exact) mass is 250 g/mol. The summed E-state index contributed by atoms with van der Waals surface area (Å²) in [5.41, 5.74) is 0.381. The number of carbonyl (C=O) groups excluding carboxylic acids is 1. The Morgan fingerprint density at radius 2 is 2.24 bits per heavy atom. The van der Waals surface area contributed by atoms with E-state index in [-0.39, 0.29) is 5.78 Å². The highest BCUT2D eigenvalue weighted by molar-refractivity contribution is 7.99. The fourth-order valence-electron chi connectivity index (χ4n) is 1.35. The molecular formula is C12H11FN2OS. The molecule has 0 N–H and O–H groups in total. The quantitative estimate of drug-likeness (QED) is 0.786. The number of ketones is 1. The number of carbonyl (C=O) groups is 1. The van der Waals surface area contributed by atoms with Crippen molar-refractivity contribution < 1.29 is 9.18 Å². The lowest BCUT2D eigenvalue weighted by Crippen LogP contribution is -1.95. The largest absolute Gasteiger partial charge is 0.329 e. The molecule has 0 spiro atoms. The summed E-state index contributed by atoms with van der Waals surface area (Å²) in [5, 5.41) is 0.708.